The van der Waals surface area contributed by atoms with Crippen LogP contribution >= 0.6 is 31.9 Å². The van der Waals surface area contributed by atoms with Gasteiger partial charge in [-0.05, 0) is 18.2 Å². The first kappa shape index (κ1) is 16.7. The Bertz CT molecular complexity index is 442. The van der Waals surface area contributed by atoms with E-state index in [0.29, 0.717) is 18.6 Å². The average molecular weight is 394 g/mol. The van der Waals surface area contributed by atoms with Crippen LogP contribution in [-0.4, -0.2) is 21.3 Å². The maximum atomic E-state index is 5.63. The van der Waals surface area contributed by atoms with E-state index in [1.807, 2.05) is 18.2 Å². The molecule has 0 amide bonds. The molecule has 0 aliphatic rings. The monoisotopic (exact) mass is 392 g/mol. The molecule has 106 valence electrons. The predicted molar refractivity (Wildman–Crippen MR) is 82.9 cm³/mol. The SMILES string of the molecule is C=C(CCC(OC)(OC)c1cc(Br)ccc1Br)OC. The van der Waals surface area contributed by atoms with Crippen molar-refractivity contribution in [3.8, 4) is 0 Å². The molecule has 3 nitrogen and oxygen atoms in total. The highest BCUT2D eigenvalue weighted by Gasteiger charge is 2.34. The molecule has 0 radical (unpaired) electrons. The fourth-order valence-electron chi connectivity index (χ4n) is 1.84. The number of benzene rings is 1. The fraction of sp³-hybridized carbons (Fsp3) is 0.429. The van der Waals surface area contributed by atoms with Crippen LogP contribution in [0.25, 0.3) is 0 Å². The van der Waals surface area contributed by atoms with Crippen molar-refractivity contribution in [2.45, 2.75) is 18.6 Å². The largest absolute Gasteiger partial charge is 0.502 e. The second-order valence-electron chi connectivity index (χ2n) is 4.03. The average Bonchev–Trinajstić information content (AvgIpc) is 2.43. The zero-order valence-corrected chi connectivity index (χ0v) is 14.5. The Morgan fingerprint density at radius 2 is 1.84 bits per heavy atom. The summed E-state index contributed by atoms with van der Waals surface area (Å²) in [5, 5.41) is 0. The zero-order chi connectivity index (χ0) is 14.5. The summed E-state index contributed by atoms with van der Waals surface area (Å²) < 4.78 is 18.3. The van der Waals surface area contributed by atoms with Gasteiger partial charge in [-0.3, -0.25) is 0 Å². The summed E-state index contributed by atoms with van der Waals surface area (Å²) in [6, 6.07) is 5.89. The molecule has 0 aliphatic heterocycles. The molecule has 0 saturated carbocycles. The molecular weight excluding hydrogens is 376 g/mol. The van der Waals surface area contributed by atoms with Crippen LogP contribution in [0, 0.1) is 0 Å². The minimum absolute atomic E-state index is 0.613. The molecule has 0 heterocycles. The van der Waals surface area contributed by atoms with E-state index >= 15 is 0 Å². The van der Waals surface area contributed by atoms with E-state index in [1.54, 1.807) is 21.3 Å². The highest BCUT2D eigenvalue weighted by molar-refractivity contribution is 9.11. The van der Waals surface area contributed by atoms with Crippen LogP contribution in [0.5, 0.6) is 0 Å². The van der Waals surface area contributed by atoms with Crippen molar-refractivity contribution in [1.82, 2.24) is 0 Å². The first-order valence-electron chi connectivity index (χ1n) is 5.76. The van der Waals surface area contributed by atoms with E-state index in [2.05, 4.69) is 38.4 Å². The lowest BCUT2D eigenvalue weighted by atomic mass is 10.00. The van der Waals surface area contributed by atoms with Gasteiger partial charge in [0.25, 0.3) is 0 Å². The van der Waals surface area contributed by atoms with Crippen molar-refractivity contribution < 1.29 is 14.2 Å². The van der Waals surface area contributed by atoms with E-state index < -0.39 is 5.79 Å². The number of hydrogen-bond acceptors (Lipinski definition) is 3. The normalized spacial score (nSPS) is 11.4. The quantitative estimate of drug-likeness (QED) is 0.500. The molecule has 0 N–H and O–H groups in total. The van der Waals surface area contributed by atoms with E-state index in [4.69, 9.17) is 14.2 Å². The molecule has 0 saturated heterocycles. The van der Waals surface area contributed by atoms with E-state index in [0.717, 1.165) is 14.5 Å². The molecule has 0 fully saturated rings. The number of hydrogen-bond donors (Lipinski definition) is 0. The third-order valence-electron chi connectivity index (χ3n) is 3.02. The zero-order valence-electron chi connectivity index (χ0n) is 11.3. The Morgan fingerprint density at radius 1 is 1.21 bits per heavy atom. The van der Waals surface area contributed by atoms with Gasteiger partial charge in [0, 0.05) is 41.6 Å². The van der Waals surface area contributed by atoms with Crippen LogP contribution in [0.2, 0.25) is 0 Å². The van der Waals surface area contributed by atoms with Crippen LogP contribution in [-0.2, 0) is 20.0 Å². The third-order valence-corrected chi connectivity index (χ3v) is 4.20. The topological polar surface area (TPSA) is 27.7 Å². The molecule has 0 aliphatic carbocycles. The van der Waals surface area contributed by atoms with Gasteiger partial charge >= 0.3 is 0 Å². The minimum Gasteiger partial charge on any atom is -0.502 e. The summed E-state index contributed by atoms with van der Waals surface area (Å²) in [4.78, 5) is 0. The Morgan fingerprint density at radius 3 is 2.37 bits per heavy atom. The fourth-order valence-corrected chi connectivity index (χ4v) is 2.75. The summed E-state index contributed by atoms with van der Waals surface area (Å²) in [5.74, 6) is -0.131. The number of methoxy groups -OCH3 is 3. The van der Waals surface area contributed by atoms with Gasteiger partial charge < -0.3 is 14.2 Å². The smallest absolute Gasteiger partial charge is 0.195 e. The summed E-state index contributed by atoms with van der Waals surface area (Å²) in [5.41, 5.74) is 0.927. The van der Waals surface area contributed by atoms with Gasteiger partial charge in [-0.1, -0.05) is 38.4 Å². The highest BCUT2D eigenvalue weighted by atomic mass is 79.9. The molecule has 19 heavy (non-hydrogen) atoms. The van der Waals surface area contributed by atoms with Gasteiger partial charge in [-0.25, -0.2) is 0 Å². The van der Waals surface area contributed by atoms with Crippen molar-refractivity contribution in [2.24, 2.45) is 0 Å². The number of halogens is 2. The summed E-state index contributed by atoms with van der Waals surface area (Å²) in [6.07, 6.45) is 1.26. The molecule has 0 aromatic heterocycles. The Hall–Kier alpha value is -0.360. The second kappa shape index (κ2) is 7.43. The first-order chi connectivity index (χ1) is 8.99. The maximum Gasteiger partial charge on any atom is 0.195 e. The maximum absolute atomic E-state index is 5.63. The summed E-state index contributed by atoms with van der Waals surface area (Å²) in [7, 11) is 4.87. The van der Waals surface area contributed by atoms with Crippen molar-refractivity contribution in [1.29, 1.82) is 0 Å². The lowest BCUT2D eigenvalue weighted by Gasteiger charge is -2.32. The molecule has 0 bridgehead atoms. The molecule has 0 spiro atoms. The molecular formula is C14H18Br2O3. The molecule has 5 heteroatoms. The van der Waals surface area contributed by atoms with E-state index in [-0.39, 0.29) is 0 Å². The van der Waals surface area contributed by atoms with Gasteiger partial charge in [0.15, 0.2) is 5.79 Å². The number of allylic oxidation sites excluding steroid dienone is 1. The molecule has 1 aromatic rings. The first-order valence-corrected chi connectivity index (χ1v) is 7.35. The van der Waals surface area contributed by atoms with Crippen molar-refractivity contribution in [3.63, 3.8) is 0 Å². The van der Waals surface area contributed by atoms with Crippen molar-refractivity contribution in [3.05, 3.63) is 45.0 Å². The van der Waals surface area contributed by atoms with Crippen molar-refractivity contribution in [2.75, 3.05) is 21.3 Å². The minimum atomic E-state index is -0.829. The van der Waals surface area contributed by atoms with Gasteiger partial charge in [-0.2, -0.15) is 0 Å². The molecule has 0 atom stereocenters. The predicted octanol–water partition coefficient (Wildman–Crippen LogP) is 4.60. The molecule has 0 unspecified atom stereocenters. The summed E-state index contributed by atoms with van der Waals surface area (Å²) >= 11 is 7.00. The Kier molecular flexibility index (Phi) is 6.53. The molecule has 1 aromatic carbocycles. The van der Waals surface area contributed by atoms with Gasteiger partial charge in [-0.15, -0.1) is 0 Å². The van der Waals surface area contributed by atoms with Crippen molar-refractivity contribution >= 4 is 31.9 Å². The highest BCUT2D eigenvalue weighted by Crippen LogP contribution is 2.38. The van der Waals surface area contributed by atoms with Gasteiger partial charge in [0.1, 0.15) is 0 Å². The molecule has 1 rings (SSSR count). The second-order valence-corrected chi connectivity index (χ2v) is 5.80. The van der Waals surface area contributed by atoms with E-state index in [1.165, 1.54) is 0 Å². The summed E-state index contributed by atoms with van der Waals surface area (Å²) in [6.45, 7) is 3.82. The van der Waals surface area contributed by atoms with Crippen LogP contribution in [0.15, 0.2) is 39.5 Å². The third kappa shape index (κ3) is 4.05. The Balaban J connectivity index is 3.10. The lowest BCUT2D eigenvalue weighted by molar-refractivity contribution is -0.221. The van der Waals surface area contributed by atoms with Crippen LogP contribution in [0.3, 0.4) is 0 Å². The standard InChI is InChI=1S/C14H18Br2O3/c1-10(17-2)7-8-14(18-3,19-4)12-9-11(15)5-6-13(12)16/h5-6,9H,1,7-8H2,2-4H3. The Labute approximate surface area is 131 Å². The number of ether oxygens (including phenoxy) is 3. The van der Waals surface area contributed by atoms with Crippen LogP contribution in [0.4, 0.5) is 0 Å². The van der Waals surface area contributed by atoms with Crippen LogP contribution < -0.4 is 0 Å². The van der Waals surface area contributed by atoms with E-state index in [9.17, 15) is 0 Å². The lowest BCUT2D eigenvalue weighted by Crippen LogP contribution is -2.31. The van der Waals surface area contributed by atoms with Gasteiger partial charge in [0.2, 0.25) is 0 Å². The number of rotatable bonds is 7. The van der Waals surface area contributed by atoms with Gasteiger partial charge in [0.05, 0.1) is 12.9 Å². The van der Waals surface area contributed by atoms with Crippen LogP contribution in [0.1, 0.15) is 18.4 Å².